The maximum atomic E-state index is 12.5. The smallest absolute Gasteiger partial charge is 0.225 e. The summed E-state index contributed by atoms with van der Waals surface area (Å²) in [6, 6.07) is 7.85. The van der Waals surface area contributed by atoms with E-state index in [2.05, 4.69) is 0 Å². The number of amides is 1. The van der Waals surface area contributed by atoms with Crippen molar-refractivity contribution in [2.45, 2.75) is 52.1 Å². The van der Waals surface area contributed by atoms with E-state index >= 15 is 0 Å². The van der Waals surface area contributed by atoms with Crippen LogP contribution in [0.1, 0.15) is 51.6 Å². The lowest BCUT2D eigenvalue weighted by Crippen LogP contribution is -2.34. The Labute approximate surface area is 133 Å². The van der Waals surface area contributed by atoms with Crippen LogP contribution in [-0.4, -0.2) is 23.9 Å². The third-order valence-corrected chi connectivity index (χ3v) is 4.35. The van der Waals surface area contributed by atoms with Gasteiger partial charge in [-0.1, -0.05) is 43.1 Å². The summed E-state index contributed by atoms with van der Waals surface area (Å²) in [5.74, 6) is 0.172. The van der Waals surface area contributed by atoms with Gasteiger partial charge in [-0.3, -0.25) is 4.79 Å². The molecule has 1 aromatic carbocycles. The first kappa shape index (κ1) is 18.0. The van der Waals surface area contributed by atoms with Gasteiger partial charge in [0, 0.05) is 24.0 Å². The Kier molecular flexibility index (Phi) is 7.20. The van der Waals surface area contributed by atoms with Crippen molar-refractivity contribution in [3.63, 3.8) is 0 Å². The molecule has 3 unspecified atom stereocenters. The van der Waals surface area contributed by atoms with Gasteiger partial charge >= 0.3 is 0 Å². The van der Waals surface area contributed by atoms with Gasteiger partial charge < -0.3 is 10.6 Å². The van der Waals surface area contributed by atoms with Gasteiger partial charge in [-0.05, 0) is 38.3 Å². The van der Waals surface area contributed by atoms with E-state index in [1.807, 2.05) is 52.1 Å². The molecule has 0 saturated carbocycles. The molecule has 0 aliphatic heterocycles. The monoisotopic (exact) mass is 310 g/mol. The first-order valence-electron chi connectivity index (χ1n) is 7.61. The third kappa shape index (κ3) is 5.33. The van der Waals surface area contributed by atoms with Crippen molar-refractivity contribution in [3.8, 4) is 0 Å². The lowest BCUT2D eigenvalue weighted by atomic mass is 9.99. The van der Waals surface area contributed by atoms with Gasteiger partial charge in [-0.2, -0.15) is 0 Å². The first-order valence-corrected chi connectivity index (χ1v) is 7.99. The number of benzene rings is 1. The van der Waals surface area contributed by atoms with Crippen LogP contribution in [0.5, 0.6) is 0 Å². The highest BCUT2D eigenvalue weighted by Crippen LogP contribution is 2.27. The van der Waals surface area contributed by atoms with Crippen molar-refractivity contribution >= 4 is 17.5 Å². The number of nitrogens with two attached hydrogens (primary N) is 1. The Morgan fingerprint density at radius 1 is 1.24 bits per heavy atom. The quantitative estimate of drug-likeness (QED) is 0.827. The lowest BCUT2D eigenvalue weighted by molar-refractivity contribution is -0.135. The Hall–Kier alpha value is -1.06. The number of rotatable bonds is 7. The van der Waals surface area contributed by atoms with E-state index in [1.54, 1.807) is 4.90 Å². The molecular formula is C17H27ClN2O. The molecule has 0 radical (unpaired) electrons. The molecule has 21 heavy (non-hydrogen) atoms. The Morgan fingerprint density at radius 2 is 1.86 bits per heavy atom. The second-order valence-corrected chi connectivity index (χ2v) is 6.36. The molecule has 1 aromatic rings. The summed E-state index contributed by atoms with van der Waals surface area (Å²) in [5, 5.41) is 0.703. The first-order chi connectivity index (χ1) is 9.84. The number of halogens is 1. The van der Waals surface area contributed by atoms with Gasteiger partial charge in [0.15, 0.2) is 0 Å². The maximum absolute atomic E-state index is 12.5. The highest BCUT2D eigenvalue weighted by Gasteiger charge is 2.23. The Morgan fingerprint density at radius 3 is 2.43 bits per heavy atom. The molecule has 0 saturated heterocycles. The van der Waals surface area contributed by atoms with Crippen molar-refractivity contribution in [3.05, 3.63) is 34.9 Å². The minimum atomic E-state index is -0.0258. The minimum absolute atomic E-state index is 0.0127. The van der Waals surface area contributed by atoms with Crippen LogP contribution in [0, 0.1) is 5.92 Å². The Bertz CT molecular complexity index is 462. The largest absolute Gasteiger partial charge is 0.339 e. The molecule has 1 rings (SSSR count). The standard InChI is InChI=1S/C17H27ClN2O/c1-12(8-7-9-13(2)19)17(21)20(4)14(3)15-10-5-6-11-16(15)18/h5-6,10-14H,7-9,19H2,1-4H3. The van der Waals surface area contributed by atoms with Crippen molar-refractivity contribution in [2.24, 2.45) is 11.7 Å². The molecule has 0 spiro atoms. The summed E-state index contributed by atoms with van der Waals surface area (Å²) in [5.41, 5.74) is 6.73. The van der Waals surface area contributed by atoms with E-state index in [-0.39, 0.29) is 23.9 Å². The van der Waals surface area contributed by atoms with Crippen molar-refractivity contribution in [1.29, 1.82) is 0 Å². The van der Waals surface area contributed by atoms with Gasteiger partial charge in [-0.15, -0.1) is 0 Å². The summed E-state index contributed by atoms with van der Waals surface area (Å²) in [4.78, 5) is 14.3. The summed E-state index contributed by atoms with van der Waals surface area (Å²) in [7, 11) is 1.85. The van der Waals surface area contributed by atoms with Gasteiger partial charge in [-0.25, -0.2) is 0 Å². The zero-order chi connectivity index (χ0) is 16.0. The van der Waals surface area contributed by atoms with Crippen molar-refractivity contribution < 1.29 is 4.79 Å². The number of hydrogen-bond acceptors (Lipinski definition) is 2. The van der Waals surface area contributed by atoms with Crippen molar-refractivity contribution in [1.82, 2.24) is 4.90 Å². The zero-order valence-electron chi connectivity index (χ0n) is 13.5. The number of hydrogen-bond donors (Lipinski definition) is 1. The SMILES string of the molecule is CC(N)CCCC(C)C(=O)N(C)C(C)c1ccccc1Cl. The molecule has 1 amide bonds. The molecule has 3 atom stereocenters. The van der Waals surface area contributed by atoms with Crippen LogP contribution in [0.3, 0.4) is 0 Å². The number of carbonyl (C=O) groups excluding carboxylic acids is 1. The molecule has 3 nitrogen and oxygen atoms in total. The number of carbonyl (C=O) groups is 1. The van der Waals surface area contributed by atoms with E-state index in [9.17, 15) is 4.79 Å². The Balaban J connectivity index is 2.63. The predicted octanol–water partition coefficient (Wildman–Crippen LogP) is 4.01. The molecule has 0 aliphatic rings. The molecule has 0 aromatic heterocycles. The van der Waals surface area contributed by atoms with E-state index < -0.39 is 0 Å². The van der Waals surface area contributed by atoms with Gasteiger partial charge in [0.1, 0.15) is 0 Å². The second-order valence-electron chi connectivity index (χ2n) is 5.96. The van der Waals surface area contributed by atoms with Crippen LogP contribution in [0.25, 0.3) is 0 Å². The summed E-state index contributed by atoms with van der Waals surface area (Å²) < 4.78 is 0. The molecule has 4 heteroatoms. The van der Waals surface area contributed by atoms with Crippen LogP contribution in [0.15, 0.2) is 24.3 Å². The topological polar surface area (TPSA) is 46.3 Å². The van der Waals surface area contributed by atoms with Crippen LogP contribution < -0.4 is 5.73 Å². The second kappa shape index (κ2) is 8.40. The van der Waals surface area contributed by atoms with E-state index in [4.69, 9.17) is 17.3 Å². The van der Waals surface area contributed by atoms with Crippen LogP contribution >= 0.6 is 11.6 Å². The number of nitrogens with zero attached hydrogens (tertiary/aromatic N) is 1. The maximum Gasteiger partial charge on any atom is 0.225 e. The molecule has 0 fully saturated rings. The molecular weight excluding hydrogens is 284 g/mol. The van der Waals surface area contributed by atoms with Gasteiger partial charge in [0.2, 0.25) is 5.91 Å². The van der Waals surface area contributed by atoms with Crippen molar-refractivity contribution in [2.75, 3.05) is 7.05 Å². The normalized spacial score (nSPS) is 15.3. The molecule has 0 bridgehead atoms. The molecule has 118 valence electrons. The fraction of sp³-hybridized carbons (Fsp3) is 0.588. The average molecular weight is 311 g/mol. The highest BCUT2D eigenvalue weighted by atomic mass is 35.5. The fourth-order valence-electron chi connectivity index (χ4n) is 2.43. The van der Waals surface area contributed by atoms with E-state index in [0.29, 0.717) is 5.02 Å². The van der Waals surface area contributed by atoms with Gasteiger partial charge in [0.05, 0.1) is 6.04 Å². The lowest BCUT2D eigenvalue weighted by Gasteiger charge is -2.28. The highest BCUT2D eigenvalue weighted by molar-refractivity contribution is 6.31. The fourth-order valence-corrected chi connectivity index (χ4v) is 2.72. The predicted molar refractivity (Wildman–Crippen MR) is 89.3 cm³/mol. The zero-order valence-corrected chi connectivity index (χ0v) is 14.2. The summed E-state index contributed by atoms with van der Waals surface area (Å²) in [6.45, 7) is 5.99. The van der Waals surface area contributed by atoms with E-state index in [0.717, 1.165) is 24.8 Å². The third-order valence-electron chi connectivity index (χ3n) is 4.00. The molecule has 0 aliphatic carbocycles. The summed E-state index contributed by atoms with van der Waals surface area (Å²) >= 11 is 6.21. The van der Waals surface area contributed by atoms with Crippen LogP contribution in [0.4, 0.5) is 0 Å². The van der Waals surface area contributed by atoms with Crippen LogP contribution in [-0.2, 0) is 4.79 Å². The molecule has 2 N–H and O–H groups in total. The van der Waals surface area contributed by atoms with Gasteiger partial charge in [0.25, 0.3) is 0 Å². The average Bonchev–Trinajstić information content (AvgIpc) is 2.45. The van der Waals surface area contributed by atoms with E-state index in [1.165, 1.54) is 0 Å². The summed E-state index contributed by atoms with van der Waals surface area (Å²) in [6.07, 6.45) is 2.82. The molecule has 0 heterocycles. The van der Waals surface area contributed by atoms with Crippen LogP contribution in [0.2, 0.25) is 5.02 Å². The minimum Gasteiger partial charge on any atom is -0.339 e.